The quantitative estimate of drug-likeness (QED) is 0.916. The van der Waals surface area contributed by atoms with Gasteiger partial charge in [-0.15, -0.1) is 0 Å². The standard InChI is InChI=1S/C12H12ClFO4/c13-9-3-1-7(5-10(9)14)17-6-8-2-4-11(18-8)12(15)16/h1,3,5,8,11H,2,4,6H2,(H,15,16). The van der Waals surface area contributed by atoms with Crippen molar-refractivity contribution in [2.24, 2.45) is 0 Å². The van der Waals surface area contributed by atoms with Gasteiger partial charge in [0.05, 0.1) is 11.1 Å². The summed E-state index contributed by atoms with van der Waals surface area (Å²) < 4.78 is 23.7. The van der Waals surface area contributed by atoms with Crippen molar-refractivity contribution in [3.8, 4) is 5.75 Å². The van der Waals surface area contributed by atoms with Crippen LogP contribution in [-0.4, -0.2) is 29.9 Å². The Labute approximate surface area is 108 Å². The summed E-state index contributed by atoms with van der Waals surface area (Å²) in [5, 5.41) is 8.79. The van der Waals surface area contributed by atoms with Gasteiger partial charge in [-0.2, -0.15) is 0 Å². The lowest BCUT2D eigenvalue weighted by Crippen LogP contribution is -2.23. The number of rotatable bonds is 4. The van der Waals surface area contributed by atoms with Gasteiger partial charge in [-0.3, -0.25) is 0 Å². The number of hydrogen-bond donors (Lipinski definition) is 1. The average molecular weight is 275 g/mol. The highest BCUT2D eigenvalue weighted by Crippen LogP contribution is 2.23. The predicted octanol–water partition coefficient (Wildman–Crippen LogP) is 2.49. The van der Waals surface area contributed by atoms with Crippen molar-refractivity contribution in [2.75, 3.05) is 6.61 Å². The smallest absolute Gasteiger partial charge is 0.332 e. The molecule has 0 amide bonds. The molecule has 0 radical (unpaired) electrons. The predicted molar refractivity (Wildman–Crippen MR) is 62.4 cm³/mol. The molecule has 4 nitrogen and oxygen atoms in total. The van der Waals surface area contributed by atoms with E-state index in [1.807, 2.05) is 0 Å². The maximum atomic E-state index is 13.1. The number of aliphatic carboxylic acids is 1. The van der Waals surface area contributed by atoms with Gasteiger partial charge in [-0.25, -0.2) is 9.18 Å². The van der Waals surface area contributed by atoms with Crippen LogP contribution >= 0.6 is 11.6 Å². The van der Waals surface area contributed by atoms with Crippen LogP contribution < -0.4 is 4.74 Å². The molecule has 1 heterocycles. The summed E-state index contributed by atoms with van der Waals surface area (Å²) >= 11 is 5.54. The molecular weight excluding hydrogens is 263 g/mol. The Morgan fingerprint density at radius 2 is 2.33 bits per heavy atom. The van der Waals surface area contributed by atoms with E-state index in [1.165, 1.54) is 12.1 Å². The lowest BCUT2D eigenvalue weighted by Gasteiger charge is -2.12. The van der Waals surface area contributed by atoms with Crippen molar-refractivity contribution in [3.05, 3.63) is 29.0 Å². The van der Waals surface area contributed by atoms with Gasteiger partial charge in [-0.05, 0) is 25.0 Å². The number of ether oxygens (including phenoxy) is 2. The van der Waals surface area contributed by atoms with E-state index in [9.17, 15) is 9.18 Å². The molecular formula is C12H12ClFO4. The van der Waals surface area contributed by atoms with Crippen LogP contribution in [0.4, 0.5) is 4.39 Å². The number of hydrogen-bond acceptors (Lipinski definition) is 3. The lowest BCUT2D eigenvalue weighted by atomic mass is 10.2. The van der Waals surface area contributed by atoms with E-state index in [2.05, 4.69) is 0 Å². The van der Waals surface area contributed by atoms with E-state index in [4.69, 9.17) is 26.2 Å². The molecule has 1 N–H and O–H groups in total. The SMILES string of the molecule is O=C(O)C1CCC(COc2ccc(Cl)c(F)c2)O1. The Kier molecular flexibility index (Phi) is 4.04. The molecule has 0 saturated carbocycles. The van der Waals surface area contributed by atoms with E-state index in [0.717, 1.165) is 0 Å². The van der Waals surface area contributed by atoms with Gasteiger partial charge in [0.15, 0.2) is 6.10 Å². The average Bonchev–Trinajstić information content (AvgIpc) is 2.79. The molecule has 1 fully saturated rings. The fourth-order valence-electron chi connectivity index (χ4n) is 1.77. The third-order valence-corrected chi connectivity index (χ3v) is 3.02. The Morgan fingerprint density at radius 3 is 2.94 bits per heavy atom. The molecule has 1 saturated heterocycles. The minimum Gasteiger partial charge on any atom is -0.491 e. The highest BCUT2D eigenvalue weighted by Gasteiger charge is 2.30. The minimum absolute atomic E-state index is 0.0328. The van der Waals surface area contributed by atoms with Crippen molar-refractivity contribution >= 4 is 17.6 Å². The lowest BCUT2D eigenvalue weighted by molar-refractivity contribution is -0.149. The van der Waals surface area contributed by atoms with E-state index >= 15 is 0 Å². The molecule has 1 aliphatic heterocycles. The summed E-state index contributed by atoms with van der Waals surface area (Å²) in [7, 11) is 0. The van der Waals surface area contributed by atoms with E-state index in [1.54, 1.807) is 6.07 Å². The Hall–Kier alpha value is -1.33. The summed E-state index contributed by atoms with van der Waals surface area (Å²) in [5.41, 5.74) is 0. The van der Waals surface area contributed by atoms with Crippen LogP contribution in [-0.2, 0) is 9.53 Å². The maximum Gasteiger partial charge on any atom is 0.332 e. The molecule has 2 unspecified atom stereocenters. The molecule has 98 valence electrons. The first-order valence-corrected chi connectivity index (χ1v) is 5.90. The van der Waals surface area contributed by atoms with Gasteiger partial charge in [-0.1, -0.05) is 11.6 Å². The Bertz CT molecular complexity index is 452. The monoisotopic (exact) mass is 274 g/mol. The Morgan fingerprint density at radius 1 is 1.56 bits per heavy atom. The molecule has 2 atom stereocenters. The van der Waals surface area contributed by atoms with Gasteiger partial charge in [0.1, 0.15) is 18.2 Å². The minimum atomic E-state index is -0.963. The second kappa shape index (κ2) is 5.54. The van der Waals surface area contributed by atoms with Gasteiger partial charge in [0.2, 0.25) is 0 Å². The molecule has 0 bridgehead atoms. The first-order valence-electron chi connectivity index (χ1n) is 5.52. The van der Waals surface area contributed by atoms with Crippen LogP contribution in [0.25, 0.3) is 0 Å². The summed E-state index contributed by atoms with van der Waals surface area (Å²) in [4.78, 5) is 10.7. The second-order valence-electron chi connectivity index (χ2n) is 4.05. The first-order chi connectivity index (χ1) is 8.56. The van der Waals surface area contributed by atoms with Crippen LogP contribution in [0.1, 0.15) is 12.8 Å². The van der Waals surface area contributed by atoms with E-state index in [-0.39, 0.29) is 17.7 Å². The summed E-state index contributed by atoms with van der Waals surface area (Å²) in [6.07, 6.45) is 0.0520. The maximum absolute atomic E-state index is 13.1. The van der Waals surface area contributed by atoms with Crippen LogP contribution in [0.5, 0.6) is 5.75 Å². The van der Waals surface area contributed by atoms with E-state index < -0.39 is 17.9 Å². The summed E-state index contributed by atoms with van der Waals surface area (Å²) in [6, 6.07) is 4.14. The highest BCUT2D eigenvalue weighted by molar-refractivity contribution is 6.30. The molecule has 1 aliphatic rings. The fourth-order valence-corrected chi connectivity index (χ4v) is 1.88. The number of carboxylic acid groups (broad SMARTS) is 1. The largest absolute Gasteiger partial charge is 0.491 e. The number of carbonyl (C=O) groups is 1. The van der Waals surface area contributed by atoms with Crippen LogP contribution in [0.3, 0.4) is 0 Å². The van der Waals surface area contributed by atoms with Crippen molar-refractivity contribution in [2.45, 2.75) is 25.0 Å². The van der Waals surface area contributed by atoms with Crippen molar-refractivity contribution in [1.82, 2.24) is 0 Å². The van der Waals surface area contributed by atoms with E-state index in [0.29, 0.717) is 18.6 Å². The number of benzene rings is 1. The number of halogens is 2. The number of carboxylic acids is 1. The zero-order valence-electron chi connectivity index (χ0n) is 9.44. The zero-order valence-corrected chi connectivity index (χ0v) is 10.2. The molecule has 1 aromatic rings. The molecule has 6 heteroatoms. The van der Waals surface area contributed by atoms with Crippen molar-refractivity contribution in [1.29, 1.82) is 0 Å². The van der Waals surface area contributed by atoms with Crippen LogP contribution in [0.15, 0.2) is 18.2 Å². The van der Waals surface area contributed by atoms with Crippen molar-refractivity contribution in [3.63, 3.8) is 0 Å². The fraction of sp³-hybridized carbons (Fsp3) is 0.417. The van der Waals surface area contributed by atoms with Gasteiger partial charge >= 0.3 is 5.97 Å². The third kappa shape index (κ3) is 3.11. The molecule has 0 aromatic heterocycles. The third-order valence-electron chi connectivity index (χ3n) is 2.71. The normalized spacial score (nSPS) is 23.0. The first kappa shape index (κ1) is 13.1. The molecule has 0 aliphatic carbocycles. The Balaban J connectivity index is 1.85. The molecule has 18 heavy (non-hydrogen) atoms. The summed E-state index contributed by atoms with van der Waals surface area (Å²) in [6.45, 7) is 0.199. The molecule has 0 spiro atoms. The van der Waals surface area contributed by atoms with Gasteiger partial charge in [0, 0.05) is 6.07 Å². The molecule has 2 rings (SSSR count). The van der Waals surface area contributed by atoms with Gasteiger partial charge in [0.25, 0.3) is 0 Å². The van der Waals surface area contributed by atoms with Gasteiger partial charge < -0.3 is 14.6 Å². The van der Waals surface area contributed by atoms with Crippen LogP contribution in [0.2, 0.25) is 5.02 Å². The summed E-state index contributed by atoms with van der Waals surface area (Å²) in [5.74, 6) is -1.17. The zero-order chi connectivity index (χ0) is 13.1. The molecule has 1 aromatic carbocycles. The van der Waals surface area contributed by atoms with Crippen molar-refractivity contribution < 1.29 is 23.8 Å². The second-order valence-corrected chi connectivity index (χ2v) is 4.46. The topological polar surface area (TPSA) is 55.8 Å². The van der Waals surface area contributed by atoms with Crippen LogP contribution in [0, 0.1) is 5.82 Å². The highest BCUT2D eigenvalue weighted by atomic mass is 35.5.